The van der Waals surface area contributed by atoms with E-state index in [2.05, 4.69) is 11.9 Å². The summed E-state index contributed by atoms with van der Waals surface area (Å²) in [6, 6.07) is 5.42. The van der Waals surface area contributed by atoms with Crippen LogP contribution >= 0.6 is 23.2 Å². The Hall–Kier alpha value is -1.29. The highest BCUT2D eigenvalue weighted by atomic mass is 35.5. The van der Waals surface area contributed by atoms with Crippen LogP contribution in [0.2, 0.25) is 10.0 Å². The Morgan fingerprint density at radius 1 is 1.10 bits per heavy atom. The third kappa shape index (κ3) is 4.88. The molecule has 1 aliphatic rings. The maximum atomic E-state index is 12.0. The molecule has 2 rings (SSSR count). The normalized spacial score (nSPS) is 17.0. The number of nitrogens with zero attached hydrogens (tertiary/aromatic N) is 2. The second-order valence-corrected chi connectivity index (χ2v) is 5.83. The van der Waals surface area contributed by atoms with Crippen molar-refractivity contribution in [3.63, 3.8) is 0 Å². The van der Waals surface area contributed by atoms with Crippen LogP contribution in [0.3, 0.4) is 0 Å². The molecule has 112 valence electrons. The van der Waals surface area contributed by atoms with Crippen LogP contribution in [0.5, 0.6) is 0 Å². The van der Waals surface area contributed by atoms with Gasteiger partial charge in [-0.3, -0.25) is 4.79 Å². The summed E-state index contributed by atoms with van der Waals surface area (Å²) in [4.78, 5) is 16.0. The second-order valence-electron chi connectivity index (χ2n) is 5.02. The molecule has 5 heteroatoms. The summed E-state index contributed by atoms with van der Waals surface area (Å²) >= 11 is 11.8. The minimum Gasteiger partial charge on any atom is -0.337 e. The first kappa shape index (κ1) is 16.1. The Balaban J connectivity index is 1.87. The Kier molecular flexibility index (Phi) is 5.85. The molecular formula is C16H18Cl2N2O. The molecule has 0 atom stereocenters. The number of carbonyl (C=O) groups is 1. The predicted octanol–water partition coefficient (Wildman–Crippen LogP) is 3.34. The standard InChI is InChI=1S/C16H18Cl2N2O/c1-19-8-10-20(11-9-19)16(21)5-3-2-4-13-6-7-14(17)15(18)12-13/h2-7,12H,8-11H2,1H3/b4-2+,5-3+. The molecule has 1 saturated heterocycles. The fraction of sp³-hybridized carbons (Fsp3) is 0.312. The number of allylic oxidation sites excluding steroid dienone is 2. The number of hydrogen-bond acceptors (Lipinski definition) is 2. The van der Waals surface area contributed by atoms with Crippen molar-refractivity contribution in [3.8, 4) is 0 Å². The molecule has 1 aliphatic heterocycles. The number of halogens is 2. The number of rotatable bonds is 3. The highest BCUT2D eigenvalue weighted by Crippen LogP contribution is 2.23. The first-order valence-corrected chi connectivity index (χ1v) is 7.59. The van der Waals surface area contributed by atoms with Gasteiger partial charge in [-0.25, -0.2) is 0 Å². The zero-order valence-electron chi connectivity index (χ0n) is 11.9. The average Bonchev–Trinajstić information content (AvgIpc) is 2.47. The third-order valence-corrected chi connectivity index (χ3v) is 4.14. The predicted molar refractivity (Wildman–Crippen MR) is 88.7 cm³/mol. The molecule has 0 bridgehead atoms. The van der Waals surface area contributed by atoms with Gasteiger partial charge in [-0.1, -0.05) is 47.5 Å². The summed E-state index contributed by atoms with van der Waals surface area (Å²) in [7, 11) is 2.07. The molecule has 0 saturated carbocycles. The smallest absolute Gasteiger partial charge is 0.246 e. The van der Waals surface area contributed by atoms with Crippen molar-refractivity contribution >= 4 is 35.2 Å². The van der Waals surface area contributed by atoms with Crippen LogP contribution in [0.15, 0.2) is 36.4 Å². The van der Waals surface area contributed by atoms with Gasteiger partial charge >= 0.3 is 0 Å². The van der Waals surface area contributed by atoms with E-state index >= 15 is 0 Å². The number of likely N-dealkylation sites (N-methyl/N-ethyl adjacent to an activating group) is 1. The van der Waals surface area contributed by atoms with Gasteiger partial charge in [-0.15, -0.1) is 0 Å². The number of amides is 1. The average molecular weight is 325 g/mol. The second kappa shape index (κ2) is 7.64. The Morgan fingerprint density at radius 3 is 2.48 bits per heavy atom. The lowest BCUT2D eigenvalue weighted by atomic mass is 10.2. The molecule has 1 aromatic rings. The summed E-state index contributed by atoms with van der Waals surface area (Å²) in [6.45, 7) is 3.43. The Morgan fingerprint density at radius 2 is 1.81 bits per heavy atom. The van der Waals surface area contributed by atoms with Gasteiger partial charge in [0.1, 0.15) is 0 Å². The lowest BCUT2D eigenvalue weighted by Crippen LogP contribution is -2.46. The molecule has 21 heavy (non-hydrogen) atoms. The fourth-order valence-electron chi connectivity index (χ4n) is 2.05. The van der Waals surface area contributed by atoms with Crippen LogP contribution in [-0.2, 0) is 4.79 Å². The van der Waals surface area contributed by atoms with E-state index in [9.17, 15) is 4.79 Å². The van der Waals surface area contributed by atoms with E-state index in [0.717, 1.165) is 31.7 Å². The van der Waals surface area contributed by atoms with Crippen LogP contribution in [0.1, 0.15) is 5.56 Å². The molecule has 1 amide bonds. The largest absolute Gasteiger partial charge is 0.337 e. The molecular weight excluding hydrogens is 307 g/mol. The Labute approximate surface area is 135 Å². The summed E-state index contributed by atoms with van der Waals surface area (Å²) in [5.41, 5.74) is 0.945. The fourth-order valence-corrected chi connectivity index (χ4v) is 2.36. The molecule has 0 radical (unpaired) electrons. The lowest BCUT2D eigenvalue weighted by Gasteiger charge is -2.31. The van der Waals surface area contributed by atoms with Gasteiger partial charge < -0.3 is 9.80 Å². The van der Waals surface area contributed by atoms with Crippen molar-refractivity contribution in [2.24, 2.45) is 0 Å². The number of benzene rings is 1. The lowest BCUT2D eigenvalue weighted by molar-refractivity contribution is -0.127. The van der Waals surface area contributed by atoms with E-state index in [1.165, 1.54) is 0 Å². The van der Waals surface area contributed by atoms with Crippen LogP contribution in [0, 0.1) is 0 Å². The summed E-state index contributed by atoms with van der Waals surface area (Å²) < 4.78 is 0. The van der Waals surface area contributed by atoms with Gasteiger partial charge in [0.25, 0.3) is 0 Å². The first-order chi connectivity index (χ1) is 10.1. The van der Waals surface area contributed by atoms with E-state index < -0.39 is 0 Å². The number of carbonyl (C=O) groups excluding carboxylic acids is 1. The van der Waals surface area contributed by atoms with Gasteiger partial charge in [0, 0.05) is 32.3 Å². The maximum absolute atomic E-state index is 12.0. The molecule has 1 aromatic carbocycles. The zero-order chi connectivity index (χ0) is 15.2. The summed E-state index contributed by atoms with van der Waals surface area (Å²) in [6.07, 6.45) is 7.06. The molecule has 0 unspecified atom stereocenters. The molecule has 0 aromatic heterocycles. The number of hydrogen-bond donors (Lipinski definition) is 0. The van der Waals surface area contributed by atoms with E-state index in [1.807, 2.05) is 23.1 Å². The molecule has 1 heterocycles. The SMILES string of the molecule is CN1CCN(C(=O)/C=C/C=C/c2ccc(Cl)c(Cl)c2)CC1. The van der Waals surface area contributed by atoms with E-state index in [4.69, 9.17) is 23.2 Å². The first-order valence-electron chi connectivity index (χ1n) is 6.83. The van der Waals surface area contributed by atoms with E-state index in [1.54, 1.807) is 24.3 Å². The van der Waals surface area contributed by atoms with Crippen molar-refractivity contribution < 1.29 is 4.79 Å². The van der Waals surface area contributed by atoms with E-state index in [-0.39, 0.29) is 5.91 Å². The van der Waals surface area contributed by atoms with Gasteiger partial charge in [0.15, 0.2) is 0 Å². The number of piperazine rings is 1. The zero-order valence-corrected chi connectivity index (χ0v) is 13.4. The molecule has 0 N–H and O–H groups in total. The van der Waals surface area contributed by atoms with Crippen LogP contribution < -0.4 is 0 Å². The molecule has 1 fully saturated rings. The molecule has 0 aliphatic carbocycles. The van der Waals surface area contributed by atoms with Gasteiger partial charge in [-0.05, 0) is 24.7 Å². The maximum Gasteiger partial charge on any atom is 0.246 e. The minimum atomic E-state index is 0.0573. The topological polar surface area (TPSA) is 23.6 Å². The van der Waals surface area contributed by atoms with Crippen LogP contribution in [0.4, 0.5) is 0 Å². The van der Waals surface area contributed by atoms with Crippen LogP contribution in [-0.4, -0.2) is 48.9 Å². The van der Waals surface area contributed by atoms with Crippen molar-refractivity contribution in [1.82, 2.24) is 9.80 Å². The van der Waals surface area contributed by atoms with Gasteiger partial charge in [0.05, 0.1) is 10.0 Å². The van der Waals surface area contributed by atoms with E-state index in [0.29, 0.717) is 10.0 Å². The molecule has 0 spiro atoms. The van der Waals surface area contributed by atoms with Gasteiger partial charge in [-0.2, -0.15) is 0 Å². The Bertz CT molecular complexity index is 561. The van der Waals surface area contributed by atoms with Crippen molar-refractivity contribution in [2.75, 3.05) is 33.2 Å². The summed E-state index contributed by atoms with van der Waals surface area (Å²) in [5.74, 6) is 0.0573. The third-order valence-electron chi connectivity index (χ3n) is 3.40. The van der Waals surface area contributed by atoms with Crippen molar-refractivity contribution in [2.45, 2.75) is 0 Å². The summed E-state index contributed by atoms with van der Waals surface area (Å²) in [5, 5.41) is 1.06. The molecule has 3 nitrogen and oxygen atoms in total. The quantitative estimate of drug-likeness (QED) is 0.629. The van der Waals surface area contributed by atoms with Crippen LogP contribution in [0.25, 0.3) is 6.08 Å². The highest BCUT2D eigenvalue weighted by Gasteiger charge is 2.16. The minimum absolute atomic E-state index is 0.0573. The van der Waals surface area contributed by atoms with Crippen molar-refractivity contribution in [3.05, 3.63) is 52.0 Å². The monoisotopic (exact) mass is 324 g/mol. The van der Waals surface area contributed by atoms with Gasteiger partial charge in [0.2, 0.25) is 5.91 Å². The van der Waals surface area contributed by atoms with Crippen molar-refractivity contribution in [1.29, 1.82) is 0 Å². The highest BCUT2D eigenvalue weighted by molar-refractivity contribution is 6.42.